The molecule has 1 aliphatic heterocycles. The van der Waals surface area contributed by atoms with Gasteiger partial charge in [0.2, 0.25) is 5.91 Å². The molecule has 1 N–H and O–H groups in total. The van der Waals surface area contributed by atoms with E-state index in [-0.39, 0.29) is 17.4 Å². The van der Waals surface area contributed by atoms with Crippen LogP contribution in [-0.4, -0.2) is 35.1 Å². The molecule has 1 aliphatic rings. The molecule has 0 radical (unpaired) electrons. The van der Waals surface area contributed by atoms with E-state index >= 15 is 0 Å². The predicted octanol–water partition coefficient (Wildman–Crippen LogP) is 2.04. The Morgan fingerprint density at radius 1 is 1.50 bits per heavy atom. The highest BCUT2D eigenvalue weighted by Gasteiger charge is 2.36. The van der Waals surface area contributed by atoms with Gasteiger partial charge >= 0.3 is 0 Å². The molecule has 1 rings (SSSR count). The van der Waals surface area contributed by atoms with Gasteiger partial charge in [-0.15, -0.1) is 0 Å². The third-order valence-corrected chi connectivity index (χ3v) is 3.46. The molecule has 94 valence electrons. The van der Waals surface area contributed by atoms with Gasteiger partial charge < -0.3 is 10.0 Å². The Labute approximate surface area is 98.8 Å². The second kappa shape index (κ2) is 5.17. The van der Waals surface area contributed by atoms with E-state index in [9.17, 15) is 9.90 Å². The summed E-state index contributed by atoms with van der Waals surface area (Å²) in [5, 5.41) is 9.82. The van der Waals surface area contributed by atoms with Crippen LogP contribution in [0.4, 0.5) is 0 Å². The summed E-state index contributed by atoms with van der Waals surface area (Å²) in [7, 11) is 0. The highest BCUT2D eigenvalue weighted by atomic mass is 16.3. The Balaban J connectivity index is 2.46. The van der Waals surface area contributed by atoms with Gasteiger partial charge in [-0.2, -0.15) is 0 Å². The van der Waals surface area contributed by atoms with Crippen molar-refractivity contribution in [3.63, 3.8) is 0 Å². The number of aliphatic hydroxyl groups excluding tert-OH is 1. The second-order valence-electron chi connectivity index (χ2n) is 6.04. The Morgan fingerprint density at radius 3 is 2.62 bits per heavy atom. The minimum atomic E-state index is -0.276. The lowest BCUT2D eigenvalue weighted by Crippen LogP contribution is -2.50. The third-order valence-electron chi connectivity index (χ3n) is 3.46. The Morgan fingerprint density at radius 2 is 2.12 bits per heavy atom. The molecule has 1 saturated heterocycles. The molecule has 0 aromatic carbocycles. The first-order valence-electron chi connectivity index (χ1n) is 6.29. The number of amides is 1. The van der Waals surface area contributed by atoms with Crippen LogP contribution in [0.25, 0.3) is 0 Å². The first-order valence-corrected chi connectivity index (χ1v) is 6.29. The van der Waals surface area contributed by atoms with Crippen molar-refractivity contribution < 1.29 is 9.90 Å². The molecule has 0 saturated carbocycles. The van der Waals surface area contributed by atoms with Crippen molar-refractivity contribution in [1.29, 1.82) is 0 Å². The van der Waals surface area contributed by atoms with Crippen molar-refractivity contribution in [3.05, 3.63) is 0 Å². The molecular weight excluding hydrogens is 202 g/mol. The van der Waals surface area contributed by atoms with E-state index in [0.29, 0.717) is 31.8 Å². The molecule has 1 atom stereocenters. The Bertz CT molecular complexity index is 248. The number of likely N-dealkylation sites (tertiary alicyclic amines) is 1. The maximum atomic E-state index is 11.9. The largest absolute Gasteiger partial charge is 0.392 e. The van der Waals surface area contributed by atoms with E-state index in [1.165, 1.54) is 0 Å². The summed E-state index contributed by atoms with van der Waals surface area (Å²) in [5.74, 6) is 0.820. The summed E-state index contributed by atoms with van der Waals surface area (Å²) in [4.78, 5) is 13.9. The van der Waals surface area contributed by atoms with Crippen LogP contribution in [0.3, 0.4) is 0 Å². The zero-order valence-electron chi connectivity index (χ0n) is 11.0. The first-order chi connectivity index (χ1) is 7.33. The van der Waals surface area contributed by atoms with Gasteiger partial charge in [0, 0.05) is 24.9 Å². The number of hydrogen-bond acceptors (Lipinski definition) is 2. The average molecular weight is 227 g/mol. The highest BCUT2D eigenvalue weighted by molar-refractivity contribution is 5.76. The molecule has 0 aliphatic carbocycles. The van der Waals surface area contributed by atoms with Crippen LogP contribution in [0, 0.1) is 11.3 Å². The molecule has 3 nitrogen and oxygen atoms in total. The zero-order chi connectivity index (χ0) is 12.3. The van der Waals surface area contributed by atoms with Crippen LogP contribution in [0.1, 0.15) is 47.0 Å². The summed E-state index contributed by atoms with van der Waals surface area (Å²) >= 11 is 0. The van der Waals surface area contributed by atoms with Crippen molar-refractivity contribution in [2.24, 2.45) is 11.3 Å². The second-order valence-corrected chi connectivity index (χ2v) is 6.04. The topological polar surface area (TPSA) is 40.5 Å². The fourth-order valence-electron chi connectivity index (χ4n) is 2.13. The molecule has 1 heterocycles. The Hall–Kier alpha value is -0.570. The van der Waals surface area contributed by atoms with Gasteiger partial charge in [-0.05, 0) is 18.8 Å². The van der Waals surface area contributed by atoms with Crippen molar-refractivity contribution in [3.8, 4) is 0 Å². The number of carbonyl (C=O) groups excluding carboxylic acids is 1. The molecule has 1 fully saturated rings. The number of nitrogens with zero attached hydrogens (tertiary/aromatic N) is 1. The van der Waals surface area contributed by atoms with Gasteiger partial charge in [-0.3, -0.25) is 4.79 Å². The van der Waals surface area contributed by atoms with Crippen LogP contribution >= 0.6 is 0 Å². The smallest absolute Gasteiger partial charge is 0.222 e. The van der Waals surface area contributed by atoms with Gasteiger partial charge in [0.15, 0.2) is 0 Å². The fourth-order valence-corrected chi connectivity index (χ4v) is 2.13. The normalized spacial score (nSPS) is 24.9. The van der Waals surface area contributed by atoms with E-state index in [4.69, 9.17) is 0 Å². The van der Waals surface area contributed by atoms with Crippen molar-refractivity contribution in [2.75, 3.05) is 13.1 Å². The lowest BCUT2D eigenvalue weighted by Gasteiger charge is -2.41. The van der Waals surface area contributed by atoms with Gasteiger partial charge in [-0.25, -0.2) is 0 Å². The SMILES string of the molecule is CC(C)CCC(=O)N1CCC(O)C(C)(C)C1. The molecule has 1 amide bonds. The summed E-state index contributed by atoms with van der Waals surface area (Å²) in [6.07, 6.45) is 2.03. The van der Waals surface area contributed by atoms with Gasteiger partial charge in [-0.1, -0.05) is 27.7 Å². The first kappa shape index (κ1) is 13.5. The summed E-state index contributed by atoms with van der Waals surface area (Å²) in [5.41, 5.74) is -0.161. The molecule has 0 aromatic heterocycles. The number of piperidine rings is 1. The molecule has 0 bridgehead atoms. The molecule has 0 aromatic rings. The maximum absolute atomic E-state index is 11.9. The molecule has 16 heavy (non-hydrogen) atoms. The fraction of sp³-hybridized carbons (Fsp3) is 0.923. The molecule has 0 spiro atoms. The lowest BCUT2D eigenvalue weighted by molar-refractivity contribution is -0.138. The van der Waals surface area contributed by atoms with Crippen LogP contribution in [0.15, 0.2) is 0 Å². The van der Waals surface area contributed by atoms with Crippen LogP contribution in [-0.2, 0) is 4.79 Å². The minimum Gasteiger partial charge on any atom is -0.392 e. The van der Waals surface area contributed by atoms with Gasteiger partial charge in [0.1, 0.15) is 0 Å². The average Bonchev–Trinajstić information content (AvgIpc) is 2.18. The van der Waals surface area contributed by atoms with Crippen LogP contribution < -0.4 is 0 Å². The van der Waals surface area contributed by atoms with E-state index < -0.39 is 0 Å². The zero-order valence-corrected chi connectivity index (χ0v) is 11.0. The number of aliphatic hydroxyl groups is 1. The quantitative estimate of drug-likeness (QED) is 0.801. The Kier molecular flexibility index (Phi) is 4.36. The van der Waals surface area contributed by atoms with E-state index in [2.05, 4.69) is 13.8 Å². The highest BCUT2D eigenvalue weighted by Crippen LogP contribution is 2.29. The van der Waals surface area contributed by atoms with Gasteiger partial charge in [0.25, 0.3) is 0 Å². The maximum Gasteiger partial charge on any atom is 0.222 e. The van der Waals surface area contributed by atoms with Crippen molar-refractivity contribution in [1.82, 2.24) is 4.90 Å². The van der Waals surface area contributed by atoms with Crippen molar-refractivity contribution in [2.45, 2.75) is 53.1 Å². The van der Waals surface area contributed by atoms with E-state index in [0.717, 1.165) is 6.42 Å². The van der Waals surface area contributed by atoms with Crippen LogP contribution in [0.2, 0.25) is 0 Å². The lowest BCUT2D eigenvalue weighted by atomic mass is 9.81. The van der Waals surface area contributed by atoms with Gasteiger partial charge in [0.05, 0.1) is 6.10 Å². The summed E-state index contributed by atoms with van der Waals surface area (Å²) in [6, 6.07) is 0. The van der Waals surface area contributed by atoms with Crippen molar-refractivity contribution >= 4 is 5.91 Å². The third kappa shape index (κ3) is 3.48. The number of rotatable bonds is 3. The van der Waals surface area contributed by atoms with E-state index in [1.807, 2.05) is 18.7 Å². The molecular formula is C13H25NO2. The van der Waals surface area contributed by atoms with E-state index in [1.54, 1.807) is 0 Å². The van der Waals surface area contributed by atoms with Crippen LogP contribution in [0.5, 0.6) is 0 Å². The monoisotopic (exact) mass is 227 g/mol. The molecule has 3 heteroatoms. The predicted molar refractivity (Wildman–Crippen MR) is 65.1 cm³/mol. The number of hydrogen-bond donors (Lipinski definition) is 1. The standard InChI is InChI=1S/C13H25NO2/c1-10(2)5-6-12(16)14-8-7-11(15)13(3,4)9-14/h10-11,15H,5-9H2,1-4H3. The molecule has 1 unspecified atom stereocenters. The summed E-state index contributed by atoms with van der Waals surface area (Å²) < 4.78 is 0. The minimum absolute atomic E-state index is 0.161. The number of carbonyl (C=O) groups is 1. The summed E-state index contributed by atoms with van der Waals surface area (Å²) in [6.45, 7) is 9.72.